The van der Waals surface area contributed by atoms with Crippen LogP contribution < -0.4 is 20.1 Å². The number of carbonyl (C=O) groups excluding carboxylic acids is 2. The Hall–Kier alpha value is -3.81. The zero-order valence-electron chi connectivity index (χ0n) is 18.5. The van der Waals surface area contributed by atoms with Crippen LogP contribution in [0.5, 0.6) is 23.0 Å². The highest BCUT2D eigenvalue weighted by molar-refractivity contribution is 6.13. The lowest BCUT2D eigenvalue weighted by Gasteiger charge is -2.16. The van der Waals surface area contributed by atoms with Crippen LogP contribution in [0.15, 0.2) is 42.6 Å². The molecule has 2 saturated carbocycles. The molecular formula is C25H25N3O5. The lowest BCUT2D eigenvalue weighted by molar-refractivity contribution is -0.134. The van der Waals surface area contributed by atoms with Gasteiger partial charge in [0.05, 0.1) is 12.6 Å². The smallest absolute Gasteiger partial charge is 0.240 e. The maximum Gasteiger partial charge on any atom is 0.240 e. The molecule has 170 valence electrons. The number of hydrogen-bond acceptors (Lipinski definition) is 6. The van der Waals surface area contributed by atoms with E-state index >= 15 is 0 Å². The Labute approximate surface area is 190 Å². The summed E-state index contributed by atoms with van der Waals surface area (Å²) < 4.78 is 11.3. The summed E-state index contributed by atoms with van der Waals surface area (Å²) in [4.78, 5) is 29.6. The molecule has 0 atom stereocenters. The van der Waals surface area contributed by atoms with Gasteiger partial charge in [-0.2, -0.15) is 0 Å². The number of aromatic nitrogens is 1. The molecule has 8 heteroatoms. The number of amides is 2. The summed E-state index contributed by atoms with van der Waals surface area (Å²) in [5.74, 6) is 1.08. The summed E-state index contributed by atoms with van der Waals surface area (Å²) >= 11 is 0. The van der Waals surface area contributed by atoms with Crippen LogP contribution in [-0.4, -0.2) is 35.1 Å². The number of fused-ring (bicyclic) bond motifs is 1. The van der Waals surface area contributed by atoms with Gasteiger partial charge in [-0.25, -0.2) is 0 Å². The molecule has 0 saturated heterocycles. The van der Waals surface area contributed by atoms with Crippen molar-refractivity contribution in [2.45, 2.75) is 38.6 Å². The fourth-order valence-corrected chi connectivity index (χ4v) is 3.83. The van der Waals surface area contributed by atoms with Crippen molar-refractivity contribution in [2.75, 3.05) is 12.4 Å². The molecule has 2 aromatic carbocycles. The van der Waals surface area contributed by atoms with Crippen molar-refractivity contribution in [2.24, 2.45) is 5.41 Å². The van der Waals surface area contributed by atoms with E-state index in [0.29, 0.717) is 46.7 Å². The Morgan fingerprint density at radius 3 is 2.52 bits per heavy atom. The van der Waals surface area contributed by atoms with Gasteiger partial charge in [-0.15, -0.1) is 0 Å². The summed E-state index contributed by atoms with van der Waals surface area (Å²) in [5.41, 5.74) is 1.07. The first-order valence-electron chi connectivity index (χ1n) is 11.0. The molecule has 0 unspecified atom stereocenters. The van der Waals surface area contributed by atoms with Gasteiger partial charge in [0.15, 0.2) is 11.5 Å². The van der Waals surface area contributed by atoms with Gasteiger partial charge in [-0.05, 0) is 68.5 Å². The maximum absolute atomic E-state index is 12.8. The van der Waals surface area contributed by atoms with Crippen molar-refractivity contribution in [3.63, 3.8) is 0 Å². The van der Waals surface area contributed by atoms with Crippen molar-refractivity contribution >= 4 is 28.4 Å². The molecule has 1 heterocycles. The molecule has 2 amide bonds. The average molecular weight is 447 g/mol. The molecule has 0 radical (unpaired) electrons. The first-order valence-corrected chi connectivity index (χ1v) is 11.0. The minimum absolute atomic E-state index is 0.00479. The van der Waals surface area contributed by atoms with E-state index in [1.807, 2.05) is 13.0 Å². The van der Waals surface area contributed by atoms with Gasteiger partial charge in [0.1, 0.15) is 16.9 Å². The lowest BCUT2D eigenvalue weighted by Crippen LogP contribution is -2.40. The molecule has 2 aliphatic rings. The lowest BCUT2D eigenvalue weighted by atomic mass is 10.0. The van der Waals surface area contributed by atoms with Gasteiger partial charge >= 0.3 is 0 Å². The minimum atomic E-state index is -0.938. The molecule has 3 aromatic rings. The predicted molar refractivity (Wildman–Crippen MR) is 123 cm³/mol. The summed E-state index contributed by atoms with van der Waals surface area (Å²) in [6.45, 7) is 1.88. The molecule has 0 aliphatic heterocycles. The Balaban J connectivity index is 1.33. The monoisotopic (exact) mass is 447 g/mol. The van der Waals surface area contributed by atoms with Gasteiger partial charge in [-0.1, -0.05) is 0 Å². The molecule has 2 fully saturated rings. The fourth-order valence-electron chi connectivity index (χ4n) is 3.83. The highest BCUT2D eigenvalue weighted by Gasteiger charge is 2.57. The maximum atomic E-state index is 12.8. The van der Waals surface area contributed by atoms with E-state index in [2.05, 4.69) is 15.6 Å². The first kappa shape index (κ1) is 21.1. The molecule has 5 rings (SSSR count). The number of anilines is 1. The molecule has 8 nitrogen and oxygen atoms in total. The number of carbonyl (C=O) groups is 2. The average Bonchev–Trinajstić information content (AvgIpc) is 3.70. The second kappa shape index (κ2) is 7.95. The molecule has 3 N–H and O–H groups in total. The van der Waals surface area contributed by atoms with Gasteiger partial charge < -0.3 is 25.2 Å². The number of methoxy groups -OCH3 is 1. The van der Waals surface area contributed by atoms with Crippen LogP contribution in [0.2, 0.25) is 0 Å². The van der Waals surface area contributed by atoms with Crippen molar-refractivity contribution in [1.29, 1.82) is 0 Å². The number of pyridine rings is 1. The number of nitrogens with zero attached hydrogens (tertiary/aromatic N) is 1. The topological polar surface area (TPSA) is 110 Å². The van der Waals surface area contributed by atoms with Crippen molar-refractivity contribution in [1.82, 2.24) is 10.3 Å². The van der Waals surface area contributed by atoms with E-state index in [-0.39, 0.29) is 23.6 Å². The quantitative estimate of drug-likeness (QED) is 0.472. The Morgan fingerprint density at radius 1 is 1.06 bits per heavy atom. The number of hydrogen-bond donors (Lipinski definition) is 3. The van der Waals surface area contributed by atoms with Crippen LogP contribution in [0, 0.1) is 12.3 Å². The van der Waals surface area contributed by atoms with Crippen LogP contribution >= 0.6 is 0 Å². The number of rotatable bonds is 7. The summed E-state index contributed by atoms with van der Waals surface area (Å²) in [7, 11) is 1.48. The molecule has 1 aromatic heterocycles. The third-order valence-corrected chi connectivity index (χ3v) is 6.19. The van der Waals surface area contributed by atoms with Gasteiger partial charge in [0.25, 0.3) is 0 Å². The van der Waals surface area contributed by atoms with E-state index in [9.17, 15) is 14.7 Å². The van der Waals surface area contributed by atoms with Crippen LogP contribution in [-0.2, 0) is 9.59 Å². The SMILES string of the molecule is COc1cc2c(Oc3ccc(NC(=O)C4(C(=O)NC5CC5)CC4)cc3C)ccnc2cc1O. The summed E-state index contributed by atoms with van der Waals surface area (Å²) in [6.07, 6.45) is 4.74. The highest BCUT2D eigenvalue weighted by atomic mass is 16.5. The van der Waals surface area contributed by atoms with E-state index in [4.69, 9.17) is 9.47 Å². The van der Waals surface area contributed by atoms with Gasteiger partial charge in [0, 0.05) is 29.4 Å². The molecule has 2 aliphatic carbocycles. The van der Waals surface area contributed by atoms with E-state index in [1.165, 1.54) is 13.2 Å². The van der Waals surface area contributed by atoms with Crippen molar-refractivity contribution in [3.8, 4) is 23.0 Å². The summed E-state index contributed by atoms with van der Waals surface area (Å²) in [5, 5.41) is 16.5. The predicted octanol–water partition coefficient (Wildman–Crippen LogP) is 4.05. The largest absolute Gasteiger partial charge is 0.504 e. The van der Waals surface area contributed by atoms with Crippen LogP contribution in [0.3, 0.4) is 0 Å². The zero-order chi connectivity index (χ0) is 23.2. The molecular weight excluding hydrogens is 422 g/mol. The number of aryl methyl sites for hydroxylation is 1. The number of benzene rings is 2. The van der Waals surface area contributed by atoms with Crippen molar-refractivity contribution in [3.05, 3.63) is 48.2 Å². The zero-order valence-corrected chi connectivity index (χ0v) is 18.5. The third kappa shape index (κ3) is 4.04. The second-order valence-electron chi connectivity index (χ2n) is 8.72. The molecule has 0 bridgehead atoms. The third-order valence-electron chi connectivity index (χ3n) is 6.19. The first-order chi connectivity index (χ1) is 15.9. The Kier molecular flexibility index (Phi) is 5.08. The van der Waals surface area contributed by atoms with E-state index in [0.717, 1.165) is 18.4 Å². The van der Waals surface area contributed by atoms with E-state index < -0.39 is 5.41 Å². The highest BCUT2D eigenvalue weighted by Crippen LogP contribution is 2.47. The fraction of sp³-hybridized carbons (Fsp3) is 0.320. The van der Waals surface area contributed by atoms with Crippen LogP contribution in [0.1, 0.15) is 31.2 Å². The number of nitrogens with one attached hydrogen (secondary N) is 2. The summed E-state index contributed by atoms with van der Waals surface area (Å²) in [6, 6.07) is 10.5. The Bertz CT molecular complexity index is 1260. The Morgan fingerprint density at radius 2 is 1.85 bits per heavy atom. The molecule has 0 spiro atoms. The molecule has 33 heavy (non-hydrogen) atoms. The number of aromatic hydroxyl groups is 1. The standard InChI is InChI=1S/C25H25N3O5/c1-14-11-16(28-24(31)25(8-9-25)23(30)27-15-3-4-15)5-6-20(14)33-21-7-10-26-18-13-19(29)22(32-2)12-17(18)21/h5-7,10-13,15,29H,3-4,8-9H2,1-2H3,(H,27,30)(H,28,31). The van der Waals surface area contributed by atoms with Gasteiger partial charge in [-0.3, -0.25) is 14.6 Å². The van der Waals surface area contributed by atoms with Crippen molar-refractivity contribution < 1.29 is 24.2 Å². The number of ether oxygens (including phenoxy) is 2. The second-order valence-corrected chi connectivity index (χ2v) is 8.72. The van der Waals surface area contributed by atoms with E-state index in [1.54, 1.807) is 30.5 Å². The van der Waals surface area contributed by atoms with Crippen LogP contribution in [0.25, 0.3) is 10.9 Å². The normalized spacial score (nSPS) is 16.2. The number of phenolic OH excluding ortho intramolecular Hbond substituents is 1. The van der Waals surface area contributed by atoms with Crippen LogP contribution in [0.4, 0.5) is 5.69 Å². The number of phenols is 1. The minimum Gasteiger partial charge on any atom is -0.504 e. The van der Waals surface area contributed by atoms with Gasteiger partial charge in [0.2, 0.25) is 11.8 Å².